The van der Waals surface area contributed by atoms with Crippen molar-refractivity contribution < 1.29 is 18.3 Å². The number of aromatic nitrogens is 2. The summed E-state index contributed by atoms with van der Waals surface area (Å²) in [4.78, 5) is 21.1. The molecule has 2 atom stereocenters. The summed E-state index contributed by atoms with van der Waals surface area (Å²) in [5, 5.41) is 2.80. The molecule has 2 aromatic rings. The third kappa shape index (κ3) is 6.11. The second-order valence-corrected chi connectivity index (χ2v) is 7.77. The molecule has 0 fully saturated rings. The molecule has 29 heavy (non-hydrogen) atoms. The van der Waals surface area contributed by atoms with Gasteiger partial charge in [-0.2, -0.15) is 0 Å². The van der Waals surface area contributed by atoms with Crippen molar-refractivity contribution >= 4 is 19.5 Å². The molecule has 1 aromatic heterocycles. The Morgan fingerprint density at radius 1 is 1.31 bits per heavy atom. The van der Waals surface area contributed by atoms with Gasteiger partial charge < -0.3 is 10.1 Å². The van der Waals surface area contributed by atoms with E-state index in [1.165, 1.54) is 24.5 Å². The van der Waals surface area contributed by atoms with Gasteiger partial charge in [-0.15, -0.1) is 6.58 Å². The average molecular weight is 401 g/mol. The molecule has 154 valence electrons. The first-order chi connectivity index (χ1) is 13.6. The molecule has 0 saturated carbocycles. The van der Waals surface area contributed by atoms with Crippen molar-refractivity contribution in [3.8, 4) is 0 Å². The Morgan fingerprint density at radius 3 is 2.62 bits per heavy atom. The van der Waals surface area contributed by atoms with Crippen molar-refractivity contribution in [2.24, 2.45) is 0 Å². The van der Waals surface area contributed by atoms with E-state index in [0.717, 1.165) is 6.07 Å². The number of alkyl carbamates (subject to hydrolysis) is 1. The molecule has 1 heterocycles. The molecule has 0 unspecified atom stereocenters. The summed E-state index contributed by atoms with van der Waals surface area (Å²) in [5.74, 6) is -2.50. The Morgan fingerprint density at radius 2 is 2.00 bits per heavy atom. The maximum atomic E-state index is 14.7. The highest BCUT2D eigenvalue weighted by atomic mass is 19.2. The van der Waals surface area contributed by atoms with Crippen molar-refractivity contribution in [2.75, 3.05) is 0 Å². The van der Waals surface area contributed by atoms with Gasteiger partial charge in [0.15, 0.2) is 19.5 Å². The molecular weight excluding hydrogens is 375 g/mol. The number of hydrogen-bond donors (Lipinski definition) is 1. The van der Waals surface area contributed by atoms with Crippen LogP contribution >= 0.6 is 0 Å². The van der Waals surface area contributed by atoms with Crippen molar-refractivity contribution in [2.45, 2.75) is 51.2 Å². The maximum Gasteiger partial charge on any atom is 0.408 e. The quantitative estimate of drug-likeness (QED) is 0.571. The summed E-state index contributed by atoms with van der Waals surface area (Å²) >= 11 is 0. The largest absolute Gasteiger partial charge is 0.444 e. The van der Waals surface area contributed by atoms with E-state index in [1.807, 2.05) is 0 Å². The number of carbonyl (C=O) groups excluding carboxylic acids is 1. The van der Waals surface area contributed by atoms with Gasteiger partial charge >= 0.3 is 6.09 Å². The number of hydrogen-bond acceptors (Lipinski definition) is 4. The van der Waals surface area contributed by atoms with Gasteiger partial charge in [-0.1, -0.05) is 18.2 Å². The van der Waals surface area contributed by atoms with Crippen LogP contribution in [0.15, 0.2) is 43.2 Å². The first kappa shape index (κ1) is 22.5. The zero-order chi connectivity index (χ0) is 21.6. The van der Waals surface area contributed by atoms with Crippen molar-refractivity contribution in [1.29, 1.82) is 0 Å². The lowest BCUT2D eigenvalue weighted by atomic mass is 9.82. The zero-order valence-corrected chi connectivity index (χ0v) is 17.2. The Hall–Kier alpha value is -2.77. The van der Waals surface area contributed by atoms with E-state index >= 15 is 0 Å². The summed E-state index contributed by atoms with van der Waals surface area (Å²) < 4.78 is 34.0. The average Bonchev–Trinajstić information content (AvgIpc) is 2.63. The van der Waals surface area contributed by atoms with Crippen LogP contribution in [0.1, 0.15) is 56.8 Å². The van der Waals surface area contributed by atoms with Gasteiger partial charge in [0.05, 0.1) is 11.7 Å². The van der Waals surface area contributed by atoms with Crippen molar-refractivity contribution in [3.63, 3.8) is 0 Å². The van der Waals surface area contributed by atoms with E-state index in [1.54, 1.807) is 34.7 Å². The van der Waals surface area contributed by atoms with Crippen molar-refractivity contribution in [1.82, 2.24) is 15.3 Å². The topological polar surface area (TPSA) is 64.1 Å². The van der Waals surface area contributed by atoms with Gasteiger partial charge in [0, 0.05) is 23.9 Å². The van der Waals surface area contributed by atoms with Gasteiger partial charge in [-0.05, 0) is 45.2 Å². The Kier molecular flexibility index (Phi) is 7.48. The first-order valence-electron chi connectivity index (χ1n) is 9.46. The van der Waals surface area contributed by atoms with Crippen LogP contribution in [-0.2, 0) is 4.74 Å². The van der Waals surface area contributed by atoms with E-state index in [0.29, 0.717) is 24.1 Å². The van der Waals surface area contributed by atoms with Gasteiger partial charge in [0.25, 0.3) is 0 Å². The van der Waals surface area contributed by atoms with Crippen LogP contribution in [0, 0.1) is 11.6 Å². The summed E-state index contributed by atoms with van der Waals surface area (Å²) in [6.07, 6.45) is 5.00. The van der Waals surface area contributed by atoms with E-state index in [4.69, 9.17) is 4.74 Å². The predicted molar refractivity (Wildman–Crippen MR) is 111 cm³/mol. The third-order valence-electron chi connectivity index (χ3n) is 4.35. The number of benzene rings is 1. The smallest absolute Gasteiger partial charge is 0.408 e. The lowest BCUT2D eigenvalue weighted by Gasteiger charge is -2.30. The summed E-state index contributed by atoms with van der Waals surface area (Å²) in [6, 6.07) is 3.26. The number of rotatable bonds is 7. The van der Waals surface area contributed by atoms with Crippen LogP contribution < -0.4 is 10.9 Å². The molecule has 0 radical (unpaired) electrons. The minimum atomic E-state index is -0.946. The fourth-order valence-electron chi connectivity index (χ4n) is 3.12. The number of amides is 1. The molecule has 8 heteroatoms. The monoisotopic (exact) mass is 401 g/mol. The SMILES string of the molecule is Bc1nccnc1[C@@H](NC(=O)OC(C)(C)C)[C@@H](CCC=C)c1cccc(F)c1F. The second kappa shape index (κ2) is 9.63. The molecule has 0 bridgehead atoms. The number of nitrogens with zero attached hydrogens (tertiary/aromatic N) is 2. The van der Waals surface area contributed by atoms with Crippen LogP contribution in [-0.4, -0.2) is 29.5 Å². The van der Waals surface area contributed by atoms with Crippen LogP contribution in [0.5, 0.6) is 0 Å². The van der Waals surface area contributed by atoms with Crippen LogP contribution in [0.25, 0.3) is 0 Å². The highest BCUT2D eigenvalue weighted by Gasteiger charge is 2.32. The normalized spacial score (nSPS) is 13.4. The summed E-state index contributed by atoms with van der Waals surface area (Å²) in [6.45, 7) is 8.96. The Balaban J connectivity index is 2.54. The maximum absolute atomic E-state index is 14.7. The number of carbonyl (C=O) groups is 1. The molecule has 5 nitrogen and oxygen atoms in total. The van der Waals surface area contributed by atoms with Gasteiger partial charge in [-0.3, -0.25) is 9.97 Å². The number of allylic oxidation sites excluding steroid dienone is 1. The molecule has 0 spiro atoms. The molecule has 0 aliphatic heterocycles. The lowest BCUT2D eigenvalue weighted by Crippen LogP contribution is -2.40. The molecule has 1 aromatic carbocycles. The van der Waals surface area contributed by atoms with Crippen LogP contribution in [0.2, 0.25) is 0 Å². The highest BCUT2D eigenvalue weighted by Crippen LogP contribution is 2.36. The van der Waals surface area contributed by atoms with E-state index in [2.05, 4.69) is 21.9 Å². The molecule has 0 saturated heterocycles. The van der Waals surface area contributed by atoms with Gasteiger partial charge in [0.1, 0.15) is 5.60 Å². The van der Waals surface area contributed by atoms with Gasteiger partial charge in [-0.25, -0.2) is 13.6 Å². The highest BCUT2D eigenvalue weighted by molar-refractivity contribution is 6.31. The van der Waals surface area contributed by atoms with E-state index < -0.39 is 35.3 Å². The standard InChI is InChI=1S/C21H26BF2N3O2/c1-5-6-8-14(13-9-7-10-15(23)16(13)24)17(18-19(22)26-12-11-25-18)27-20(28)29-21(2,3)4/h5,7,9-12,14,17H,1,6,8,22H2,2-4H3,(H,27,28)/t14-,17-/m0/s1. The zero-order valence-electron chi connectivity index (χ0n) is 17.2. The number of nitrogens with one attached hydrogen (secondary N) is 1. The molecule has 0 aliphatic rings. The molecule has 1 N–H and O–H groups in total. The molecule has 0 aliphatic carbocycles. The fourth-order valence-corrected chi connectivity index (χ4v) is 3.12. The number of ether oxygens (including phenoxy) is 1. The summed E-state index contributed by atoms with van der Waals surface area (Å²) in [7, 11) is 1.75. The Labute approximate surface area is 171 Å². The minimum Gasteiger partial charge on any atom is -0.444 e. The predicted octanol–water partition coefficient (Wildman–Crippen LogP) is 3.33. The fraction of sp³-hybridized carbons (Fsp3) is 0.381. The summed E-state index contributed by atoms with van der Waals surface area (Å²) in [5.41, 5.74) is 0.482. The van der Waals surface area contributed by atoms with Crippen molar-refractivity contribution in [3.05, 3.63) is 66.1 Å². The molecule has 1 amide bonds. The molecule has 2 rings (SSSR count). The molecular formula is C21H26BF2N3O2. The van der Waals surface area contributed by atoms with Crippen LogP contribution in [0.3, 0.4) is 0 Å². The van der Waals surface area contributed by atoms with E-state index in [-0.39, 0.29) is 5.56 Å². The number of halogens is 2. The second-order valence-electron chi connectivity index (χ2n) is 7.77. The minimum absolute atomic E-state index is 0.151. The third-order valence-corrected chi connectivity index (χ3v) is 4.35. The van der Waals surface area contributed by atoms with Crippen LogP contribution in [0.4, 0.5) is 13.6 Å². The Bertz CT molecular complexity index is 871. The van der Waals surface area contributed by atoms with Gasteiger partial charge in [0.2, 0.25) is 0 Å². The first-order valence-corrected chi connectivity index (χ1v) is 9.46. The van der Waals surface area contributed by atoms with E-state index in [9.17, 15) is 13.6 Å². The lowest BCUT2D eigenvalue weighted by molar-refractivity contribution is 0.0492.